The Hall–Kier alpha value is -1.10. The van der Waals surface area contributed by atoms with Crippen LogP contribution in [-0.4, -0.2) is 29.3 Å². The van der Waals surface area contributed by atoms with E-state index in [-0.39, 0.29) is 6.04 Å². The standard InChI is InChI=1S/C13H22N4O/c14-11(10-5-1-2-6-10)9-12-15-13(16-18-12)17-7-3-4-8-17/h10-11H,1-9,14H2. The number of aromatic nitrogens is 2. The Morgan fingerprint density at radius 3 is 2.67 bits per heavy atom. The highest BCUT2D eigenvalue weighted by molar-refractivity contribution is 5.28. The van der Waals surface area contributed by atoms with E-state index >= 15 is 0 Å². The summed E-state index contributed by atoms with van der Waals surface area (Å²) in [6.07, 6.45) is 8.34. The maximum Gasteiger partial charge on any atom is 0.266 e. The first kappa shape index (κ1) is 12.0. The van der Waals surface area contributed by atoms with Gasteiger partial charge in [-0.25, -0.2) is 0 Å². The lowest BCUT2D eigenvalue weighted by Gasteiger charge is -2.16. The molecule has 0 aromatic carbocycles. The Morgan fingerprint density at radius 2 is 1.94 bits per heavy atom. The molecule has 100 valence electrons. The van der Waals surface area contributed by atoms with Crippen LogP contribution in [0.3, 0.4) is 0 Å². The molecule has 1 aliphatic carbocycles. The Labute approximate surface area is 108 Å². The minimum atomic E-state index is 0.180. The van der Waals surface area contributed by atoms with Gasteiger partial charge in [0, 0.05) is 25.6 Å². The summed E-state index contributed by atoms with van der Waals surface area (Å²) >= 11 is 0. The molecule has 1 saturated carbocycles. The van der Waals surface area contributed by atoms with E-state index in [1.807, 2.05) is 0 Å². The van der Waals surface area contributed by atoms with Crippen LogP contribution < -0.4 is 10.6 Å². The first-order chi connectivity index (χ1) is 8.83. The molecule has 5 nitrogen and oxygen atoms in total. The first-order valence-corrected chi connectivity index (χ1v) is 7.16. The first-order valence-electron chi connectivity index (χ1n) is 7.16. The molecule has 1 unspecified atom stereocenters. The molecule has 2 heterocycles. The summed E-state index contributed by atoms with van der Waals surface area (Å²) in [7, 11) is 0. The van der Waals surface area contributed by atoms with Crippen LogP contribution in [-0.2, 0) is 6.42 Å². The van der Waals surface area contributed by atoms with Crippen LogP contribution >= 0.6 is 0 Å². The third-order valence-corrected chi connectivity index (χ3v) is 4.26. The van der Waals surface area contributed by atoms with Gasteiger partial charge in [-0.1, -0.05) is 12.8 Å². The van der Waals surface area contributed by atoms with Crippen molar-refractivity contribution in [2.45, 2.75) is 51.0 Å². The average Bonchev–Trinajstić information content (AvgIpc) is 3.12. The predicted molar refractivity (Wildman–Crippen MR) is 69.4 cm³/mol. The van der Waals surface area contributed by atoms with E-state index in [2.05, 4.69) is 15.0 Å². The highest BCUT2D eigenvalue weighted by Gasteiger charge is 2.25. The topological polar surface area (TPSA) is 68.2 Å². The molecule has 1 aromatic rings. The van der Waals surface area contributed by atoms with Crippen molar-refractivity contribution < 1.29 is 4.52 Å². The molecule has 0 radical (unpaired) electrons. The van der Waals surface area contributed by atoms with Crippen molar-refractivity contribution in [3.8, 4) is 0 Å². The second-order valence-corrected chi connectivity index (χ2v) is 5.59. The van der Waals surface area contributed by atoms with Crippen LogP contribution in [0.25, 0.3) is 0 Å². The maximum atomic E-state index is 6.23. The fraction of sp³-hybridized carbons (Fsp3) is 0.846. The summed E-state index contributed by atoms with van der Waals surface area (Å²) in [5, 5.41) is 4.06. The lowest BCUT2D eigenvalue weighted by atomic mass is 9.96. The molecule has 5 heteroatoms. The fourth-order valence-electron chi connectivity index (χ4n) is 3.13. The van der Waals surface area contributed by atoms with Crippen molar-refractivity contribution in [3.63, 3.8) is 0 Å². The van der Waals surface area contributed by atoms with Crippen molar-refractivity contribution >= 4 is 5.95 Å². The predicted octanol–water partition coefficient (Wildman–Crippen LogP) is 1.73. The van der Waals surface area contributed by atoms with Gasteiger partial charge in [-0.05, 0) is 36.8 Å². The second-order valence-electron chi connectivity index (χ2n) is 5.59. The van der Waals surface area contributed by atoms with E-state index in [1.54, 1.807) is 0 Å². The molecule has 0 bridgehead atoms. The van der Waals surface area contributed by atoms with Crippen molar-refractivity contribution in [1.29, 1.82) is 0 Å². The Balaban J connectivity index is 1.58. The Kier molecular flexibility index (Phi) is 3.50. The number of anilines is 1. The third-order valence-electron chi connectivity index (χ3n) is 4.26. The molecular formula is C13H22N4O. The maximum absolute atomic E-state index is 6.23. The molecule has 18 heavy (non-hydrogen) atoms. The van der Waals surface area contributed by atoms with Crippen molar-refractivity contribution in [1.82, 2.24) is 10.1 Å². The van der Waals surface area contributed by atoms with Gasteiger partial charge in [0.1, 0.15) is 0 Å². The van der Waals surface area contributed by atoms with Gasteiger partial charge in [0.2, 0.25) is 5.89 Å². The average molecular weight is 250 g/mol. The van der Waals surface area contributed by atoms with Gasteiger partial charge in [0.15, 0.2) is 0 Å². The van der Waals surface area contributed by atoms with Gasteiger partial charge in [0.25, 0.3) is 5.95 Å². The monoisotopic (exact) mass is 250 g/mol. The number of rotatable bonds is 4. The van der Waals surface area contributed by atoms with Gasteiger partial charge in [-0.2, -0.15) is 4.98 Å². The lowest BCUT2D eigenvalue weighted by Crippen LogP contribution is -2.30. The summed E-state index contributed by atoms with van der Waals surface area (Å²) < 4.78 is 5.32. The number of hydrogen-bond donors (Lipinski definition) is 1. The molecule has 2 fully saturated rings. The van der Waals surface area contributed by atoms with Gasteiger partial charge >= 0.3 is 0 Å². The smallest absolute Gasteiger partial charge is 0.266 e. The fourth-order valence-corrected chi connectivity index (χ4v) is 3.13. The summed E-state index contributed by atoms with van der Waals surface area (Å²) in [6, 6.07) is 0.180. The second kappa shape index (κ2) is 5.26. The summed E-state index contributed by atoms with van der Waals surface area (Å²) in [4.78, 5) is 6.66. The summed E-state index contributed by atoms with van der Waals surface area (Å²) in [6.45, 7) is 2.10. The SMILES string of the molecule is NC(Cc1nc(N2CCCC2)no1)C1CCCC1. The van der Waals surface area contributed by atoms with Crippen LogP contribution in [0.4, 0.5) is 5.95 Å². The van der Waals surface area contributed by atoms with E-state index in [0.29, 0.717) is 11.8 Å². The molecule has 0 spiro atoms. The molecule has 1 aliphatic heterocycles. The van der Waals surface area contributed by atoms with Crippen LogP contribution in [0, 0.1) is 5.92 Å². The minimum absolute atomic E-state index is 0.180. The zero-order valence-electron chi connectivity index (χ0n) is 10.8. The quantitative estimate of drug-likeness (QED) is 0.881. The van der Waals surface area contributed by atoms with Gasteiger partial charge < -0.3 is 15.2 Å². The van der Waals surface area contributed by atoms with Crippen molar-refractivity contribution in [2.75, 3.05) is 18.0 Å². The molecule has 1 aromatic heterocycles. The van der Waals surface area contributed by atoms with Gasteiger partial charge in [-0.15, -0.1) is 0 Å². The molecule has 2 aliphatic rings. The van der Waals surface area contributed by atoms with E-state index in [1.165, 1.54) is 38.5 Å². The van der Waals surface area contributed by atoms with Crippen molar-refractivity contribution in [2.24, 2.45) is 11.7 Å². The number of nitrogens with zero attached hydrogens (tertiary/aromatic N) is 3. The normalized spacial score (nSPS) is 22.8. The number of hydrogen-bond acceptors (Lipinski definition) is 5. The summed E-state index contributed by atoms with van der Waals surface area (Å²) in [5.74, 6) is 2.10. The molecule has 3 rings (SSSR count). The Bertz CT molecular complexity index is 380. The van der Waals surface area contributed by atoms with E-state index in [4.69, 9.17) is 10.3 Å². The molecule has 1 atom stereocenters. The van der Waals surface area contributed by atoms with E-state index < -0.39 is 0 Å². The van der Waals surface area contributed by atoms with E-state index in [9.17, 15) is 0 Å². The molecule has 1 saturated heterocycles. The highest BCUT2D eigenvalue weighted by Crippen LogP contribution is 2.28. The van der Waals surface area contributed by atoms with Gasteiger partial charge in [0.05, 0.1) is 0 Å². The van der Waals surface area contributed by atoms with Crippen LogP contribution in [0.2, 0.25) is 0 Å². The van der Waals surface area contributed by atoms with Gasteiger partial charge in [-0.3, -0.25) is 0 Å². The van der Waals surface area contributed by atoms with Crippen molar-refractivity contribution in [3.05, 3.63) is 5.89 Å². The highest BCUT2D eigenvalue weighted by atomic mass is 16.5. The lowest BCUT2D eigenvalue weighted by molar-refractivity contribution is 0.341. The zero-order valence-corrected chi connectivity index (χ0v) is 10.8. The largest absolute Gasteiger partial charge is 0.338 e. The molecule has 2 N–H and O–H groups in total. The third kappa shape index (κ3) is 2.51. The minimum Gasteiger partial charge on any atom is -0.338 e. The molecular weight excluding hydrogens is 228 g/mol. The zero-order chi connectivity index (χ0) is 12.4. The summed E-state index contributed by atoms with van der Waals surface area (Å²) in [5.41, 5.74) is 6.23. The van der Waals surface area contributed by atoms with Crippen LogP contribution in [0.5, 0.6) is 0 Å². The van der Waals surface area contributed by atoms with Crippen LogP contribution in [0.15, 0.2) is 4.52 Å². The van der Waals surface area contributed by atoms with E-state index in [0.717, 1.165) is 25.5 Å². The van der Waals surface area contributed by atoms with Crippen LogP contribution in [0.1, 0.15) is 44.4 Å². The molecule has 0 amide bonds. The Morgan fingerprint density at radius 1 is 1.22 bits per heavy atom. The number of nitrogens with two attached hydrogens (primary N) is 1.